The van der Waals surface area contributed by atoms with Crippen molar-refractivity contribution in [2.75, 3.05) is 6.54 Å². The minimum Gasteiger partial charge on any atom is -0.508 e. The van der Waals surface area contributed by atoms with Gasteiger partial charge >= 0.3 is 5.97 Å². The molecule has 21 heavy (non-hydrogen) atoms. The van der Waals surface area contributed by atoms with Crippen molar-refractivity contribution in [3.63, 3.8) is 0 Å². The molecule has 1 aliphatic rings. The van der Waals surface area contributed by atoms with Crippen LogP contribution in [0.25, 0.3) is 0 Å². The highest BCUT2D eigenvalue weighted by molar-refractivity contribution is 5.87. The average Bonchev–Trinajstić information content (AvgIpc) is 2.82. The van der Waals surface area contributed by atoms with Gasteiger partial charge in [-0.25, -0.2) is 4.79 Å². The number of aliphatic carboxylic acids is 1. The van der Waals surface area contributed by atoms with Gasteiger partial charge in [0.05, 0.1) is 6.04 Å². The first-order valence-corrected chi connectivity index (χ1v) is 6.97. The molecule has 2 rings (SSSR count). The van der Waals surface area contributed by atoms with Crippen LogP contribution in [-0.2, 0) is 16.0 Å². The summed E-state index contributed by atoms with van der Waals surface area (Å²) >= 11 is 0. The zero-order valence-electron chi connectivity index (χ0n) is 11.9. The molecule has 0 radical (unpaired) electrons. The van der Waals surface area contributed by atoms with Crippen molar-refractivity contribution in [1.82, 2.24) is 4.90 Å². The number of hydrogen-bond acceptors (Lipinski definition) is 4. The van der Waals surface area contributed by atoms with Crippen molar-refractivity contribution >= 4 is 11.9 Å². The highest BCUT2D eigenvalue weighted by Gasteiger charge is 2.40. The highest BCUT2D eigenvalue weighted by Crippen LogP contribution is 2.25. The number of phenols is 1. The Morgan fingerprint density at radius 3 is 2.57 bits per heavy atom. The van der Waals surface area contributed by atoms with E-state index in [1.165, 1.54) is 17.0 Å². The second-order valence-corrected chi connectivity index (χ2v) is 5.56. The molecule has 6 heteroatoms. The number of amides is 1. The Morgan fingerprint density at radius 1 is 1.38 bits per heavy atom. The maximum Gasteiger partial charge on any atom is 0.326 e. The summed E-state index contributed by atoms with van der Waals surface area (Å²) in [4.78, 5) is 25.0. The number of benzene rings is 1. The van der Waals surface area contributed by atoms with Crippen LogP contribution >= 0.6 is 0 Å². The largest absolute Gasteiger partial charge is 0.508 e. The zero-order valence-corrected chi connectivity index (χ0v) is 11.9. The fourth-order valence-corrected chi connectivity index (χ4v) is 2.76. The second-order valence-electron chi connectivity index (χ2n) is 5.56. The lowest BCUT2D eigenvalue weighted by Gasteiger charge is -2.26. The Kier molecular flexibility index (Phi) is 4.47. The minimum atomic E-state index is -0.981. The summed E-state index contributed by atoms with van der Waals surface area (Å²) in [5, 5.41) is 18.5. The molecule has 1 aromatic rings. The Hall–Kier alpha value is -2.08. The van der Waals surface area contributed by atoms with E-state index in [0.717, 1.165) is 5.56 Å². The van der Waals surface area contributed by atoms with Gasteiger partial charge in [-0.15, -0.1) is 0 Å². The van der Waals surface area contributed by atoms with Crippen molar-refractivity contribution in [2.24, 2.45) is 11.7 Å². The number of carboxylic acids is 1. The molecule has 0 spiro atoms. The van der Waals surface area contributed by atoms with Gasteiger partial charge in [-0.2, -0.15) is 0 Å². The van der Waals surface area contributed by atoms with Gasteiger partial charge < -0.3 is 20.8 Å². The monoisotopic (exact) mass is 292 g/mol. The summed E-state index contributed by atoms with van der Waals surface area (Å²) < 4.78 is 0. The zero-order chi connectivity index (χ0) is 15.6. The van der Waals surface area contributed by atoms with Gasteiger partial charge in [0.1, 0.15) is 11.8 Å². The van der Waals surface area contributed by atoms with Crippen LogP contribution in [0.1, 0.15) is 18.9 Å². The molecule has 1 amide bonds. The molecule has 1 aliphatic heterocycles. The quantitative estimate of drug-likeness (QED) is 0.753. The normalized spacial score (nSPS) is 23.0. The van der Waals surface area contributed by atoms with E-state index in [9.17, 15) is 19.8 Å². The number of rotatable bonds is 4. The number of phenolic OH excluding ortho intramolecular Hbond substituents is 1. The predicted molar refractivity (Wildman–Crippen MR) is 76.7 cm³/mol. The number of aromatic hydroxyl groups is 1. The number of nitrogens with two attached hydrogens (primary N) is 1. The molecule has 0 bridgehead atoms. The Labute approximate surface area is 123 Å². The van der Waals surface area contributed by atoms with E-state index < -0.39 is 18.1 Å². The molecule has 1 heterocycles. The van der Waals surface area contributed by atoms with Gasteiger partial charge in [-0.3, -0.25) is 4.79 Å². The lowest BCUT2D eigenvalue weighted by molar-refractivity contribution is -0.149. The lowest BCUT2D eigenvalue weighted by Crippen LogP contribution is -2.50. The van der Waals surface area contributed by atoms with Gasteiger partial charge in [0, 0.05) is 6.54 Å². The maximum atomic E-state index is 12.4. The van der Waals surface area contributed by atoms with Crippen LogP contribution < -0.4 is 5.73 Å². The average molecular weight is 292 g/mol. The van der Waals surface area contributed by atoms with Crippen LogP contribution in [0.2, 0.25) is 0 Å². The predicted octanol–water partition coefficient (Wildman–Crippen LogP) is 0.584. The van der Waals surface area contributed by atoms with Crippen molar-refractivity contribution in [2.45, 2.75) is 31.8 Å². The minimum absolute atomic E-state index is 0.0627. The first-order chi connectivity index (χ1) is 9.90. The highest BCUT2D eigenvalue weighted by atomic mass is 16.4. The molecule has 4 N–H and O–H groups in total. The SMILES string of the molecule is CC1CCN(C(=O)[C@H](N)Cc2ccc(O)cc2)C1C(=O)O. The Morgan fingerprint density at radius 2 is 2.00 bits per heavy atom. The molecule has 0 saturated carbocycles. The summed E-state index contributed by atoms with van der Waals surface area (Å²) in [5.41, 5.74) is 6.75. The first kappa shape index (κ1) is 15.3. The number of nitrogens with zero attached hydrogens (tertiary/aromatic N) is 1. The van der Waals surface area contributed by atoms with Crippen LogP contribution in [-0.4, -0.2) is 45.6 Å². The summed E-state index contributed by atoms with van der Waals surface area (Å²) in [6.45, 7) is 2.26. The third-order valence-electron chi connectivity index (χ3n) is 3.95. The second kappa shape index (κ2) is 6.13. The van der Waals surface area contributed by atoms with Crippen molar-refractivity contribution in [3.05, 3.63) is 29.8 Å². The maximum absolute atomic E-state index is 12.4. The Balaban J connectivity index is 2.05. The number of carbonyl (C=O) groups excluding carboxylic acids is 1. The van der Waals surface area contributed by atoms with Gasteiger partial charge in [0.2, 0.25) is 5.91 Å². The number of likely N-dealkylation sites (tertiary alicyclic amines) is 1. The molecule has 6 nitrogen and oxygen atoms in total. The van der Waals surface area contributed by atoms with Gasteiger partial charge in [-0.05, 0) is 36.5 Å². The summed E-state index contributed by atoms with van der Waals surface area (Å²) in [6, 6.07) is 4.90. The van der Waals surface area contributed by atoms with Crippen molar-refractivity contribution < 1.29 is 19.8 Å². The molecular weight excluding hydrogens is 272 g/mol. The van der Waals surface area contributed by atoms with Gasteiger partial charge in [0.15, 0.2) is 0 Å². The standard InChI is InChI=1S/C15H20N2O4/c1-9-6-7-17(13(9)15(20)21)14(19)12(16)8-10-2-4-11(18)5-3-10/h2-5,9,12-13,18H,6-8,16H2,1H3,(H,20,21)/t9?,12-,13?/m1/s1. The molecule has 1 saturated heterocycles. The molecular formula is C15H20N2O4. The molecule has 0 aliphatic carbocycles. The van der Waals surface area contributed by atoms with Crippen molar-refractivity contribution in [3.8, 4) is 5.75 Å². The molecule has 114 valence electrons. The van der Waals surface area contributed by atoms with Crippen LogP contribution in [0.15, 0.2) is 24.3 Å². The van der Waals surface area contributed by atoms with Crippen LogP contribution in [0.4, 0.5) is 0 Å². The third kappa shape index (κ3) is 3.33. The van der Waals surface area contributed by atoms with Crippen LogP contribution in [0.3, 0.4) is 0 Å². The van der Waals surface area contributed by atoms with Crippen LogP contribution in [0, 0.1) is 5.92 Å². The number of carbonyl (C=O) groups is 2. The van der Waals surface area contributed by atoms with E-state index in [1.54, 1.807) is 12.1 Å². The number of carboxylic acid groups (broad SMARTS) is 1. The van der Waals surface area contributed by atoms with Crippen molar-refractivity contribution in [1.29, 1.82) is 0 Å². The topological polar surface area (TPSA) is 104 Å². The van der Waals surface area contributed by atoms with Crippen LogP contribution in [0.5, 0.6) is 5.75 Å². The van der Waals surface area contributed by atoms with E-state index in [1.807, 2.05) is 6.92 Å². The fraction of sp³-hybridized carbons (Fsp3) is 0.467. The molecule has 1 aromatic carbocycles. The molecule has 0 aromatic heterocycles. The summed E-state index contributed by atoms with van der Waals surface area (Å²) in [6.07, 6.45) is 0.991. The van der Waals surface area contributed by atoms with E-state index in [4.69, 9.17) is 5.73 Å². The lowest BCUT2D eigenvalue weighted by atomic mass is 10.0. The fourth-order valence-electron chi connectivity index (χ4n) is 2.76. The third-order valence-corrected chi connectivity index (χ3v) is 3.95. The molecule has 3 atom stereocenters. The van der Waals surface area contributed by atoms with E-state index in [-0.39, 0.29) is 17.6 Å². The molecule has 1 fully saturated rings. The van der Waals surface area contributed by atoms with Gasteiger partial charge in [-0.1, -0.05) is 19.1 Å². The van der Waals surface area contributed by atoms with Gasteiger partial charge in [0.25, 0.3) is 0 Å². The summed E-state index contributed by atoms with van der Waals surface area (Å²) in [5.74, 6) is -1.23. The Bertz CT molecular complexity index is 529. The number of hydrogen-bond donors (Lipinski definition) is 3. The van der Waals surface area contributed by atoms with E-state index in [2.05, 4.69) is 0 Å². The first-order valence-electron chi connectivity index (χ1n) is 6.97. The molecule has 2 unspecified atom stereocenters. The smallest absolute Gasteiger partial charge is 0.326 e. The van der Waals surface area contributed by atoms with E-state index >= 15 is 0 Å². The summed E-state index contributed by atoms with van der Waals surface area (Å²) in [7, 11) is 0. The van der Waals surface area contributed by atoms with E-state index in [0.29, 0.717) is 19.4 Å².